The van der Waals surface area contributed by atoms with Crippen LogP contribution in [-0.4, -0.2) is 34.4 Å². The third-order valence-electron chi connectivity index (χ3n) is 5.23. The van der Waals surface area contributed by atoms with Crippen LogP contribution < -0.4 is 16.4 Å². The van der Waals surface area contributed by atoms with E-state index in [-0.39, 0.29) is 11.3 Å². The highest BCUT2D eigenvalue weighted by atomic mass is 32.2. The molecule has 1 aliphatic heterocycles. The zero-order chi connectivity index (χ0) is 24.1. The Labute approximate surface area is 202 Å². The molecule has 3 aromatic rings. The van der Waals surface area contributed by atoms with Crippen LogP contribution in [0.15, 0.2) is 75.8 Å². The largest absolute Gasteiger partial charge is 0.472 e. The molecule has 1 aromatic carbocycles. The van der Waals surface area contributed by atoms with Crippen molar-refractivity contribution in [2.24, 2.45) is 4.99 Å². The maximum atomic E-state index is 13.1. The lowest BCUT2D eigenvalue weighted by Crippen LogP contribution is -2.24. The van der Waals surface area contributed by atoms with Crippen molar-refractivity contribution in [3.8, 4) is 11.1 Å². The van der Waals surface area contributed by atoms with Crippen molar-refractivity contribution in [3.05, 3.63) is 77.5 Å². The van der Waals surface area contributed by atoms with Gasteiger partial charge in [0, 0.05) is 64.2 Å². The van der Waals surface area contributed by atoms with Crippen molar-refractivity contribution >= 4 is 35.3 Å². The molecule has 4 rings (SSSR count). The Hall–Kier alpha value is -3.56. The van der Waals surface area contributed by atoms with E-state index < -0.39 is 5.60 Å². The number of nitrogens with two attached hydrogens (primary N) is 1. The molecule has 34 heavy (non-hydrogen) atoms. The van der Waals surface area contributed by atoms with Crippen molar-refractivity contribution in [1.29, 1.82) is 0 Å². The van der Waals surface area contributed by atoms with Gasteiger partial charge in [-0.3, -0.25) is 14.8 Å². The highest BCUT2D eigenvalue weighted by molar-refractivity contribution is 8.02. The van der Waals surface area contributed by atoms with Gasteiger partial charge in [0.05, 0.1) is 18.1 Å². The normalized spacial score (nSPS) is 15.9. The number of rotatable bonds is 8. The van der Waals surface area contributed by atoms with Crippen LogP contribution >= 0.6 is 11.8 Å². The number of thioether (sulfide) groups is 1. The van der Waals surface area contributed by atoms with E-state index in [1.165, 1.54) is 11.8 Å². The van der Waals surface area contributed by atoms with E-state index in [0.717, 1.165) is 16.7 Å². The van der Waals surface area contributed by atoms with E-state index in [9.17, 15) is 9.90 Å². The molecule has 0 saturated carbocycles. The second-order valence-corrected chi connectivity index (χ2v) is 9.55. The fourth-order valence-electron chi connectivity index (χ4n) is 3.35. The molecule has 0 bridgehead atoms. The average Bonchev–Trinajstić information content (AvgIpc) is 3.51. The fourth-order valence-corrected chi connectivity index (χ4v) is 4.29. The smallest absolute Gasteiger partial charge is 0.272 e. The van der Waals surface area contributed by atoms with E-state index in [4.69, 9.17) is 10.2 Å². The summed E-state index contributed by atoms with van der Waals surface area (Å²) in [5, 5.41) is 17.8. The maximum Gasteiger partial charge on any atom is 0.272 e. The van der Waals surface area contributed by atoms with Crippen LogP contribution in [0, 0.1) is 0 Å². The Morgan fingerprint density at radius 3 is 2.97 bits per heavy atom. The van der Waals surface area contributed by atoms with E-state index in [1.54, 1.807) is 62.5 Å². The maximum absolute atomic E-state index is 13.1. The van der Waals surface area contributed by atoms with Gasteiger partial charge in [0.1, 0.15) is 11.1 Å². The standard InChI is InChI=1S/C25H27N5O3S/c1-25(2,32)6-8-28-13-18-10-21(19(11-20(18)26)17-5-9-33-14-17)29-23(31)22-15-34-24(30-22)16-4-3-7-27-12-16/h3-5,7,9-15,24,30,32H,6,8,26H2,1-2H3,(H,29,31). The summed E-state index contributed by atoms with van der Waals surface area (Å²) in [4.78, 5) is 21.6. The zero-order valence-corrected chi connectivity index (χ0v) is 19.8. The Balaban J connectivity index is 1.54. The molecule has 0 radical (unpaired) electrons. The Morgan fingerprint density at radius 1 is 1.41 bits per heavy atom. The predicted octanol–water partition coefficient (Wildman–Crippen LogP) is 4.32. The highest BCUT2D eigenvalue weighted by Crippen LogP contribution is 2.36. The molecule has 1 unspecified atom stereocenters. The summed E-state index contributed by atoms with van der Waals surface area (Å²) < 4.78 is 5.24. The van der Waals surface area contributed by atoms with Crippen molar-refractivity contribution in [2.75, 3.05) is 17.6 Å². The number of pyridine rings is 1. The first-order valence-electron chi connectivity index (χ1n) is 10.8. The van der Waals surface area contributed by atoms with Gasteiger partial charge in [-0.15, -0.1) is 11.8 Å². The molecule has 176 valence electrons. The summed E-state index contributed by atoms with van der Waals surface area (Å²) >= 11 is 1.51. The molecule has 0 aliphatic carbocycles. The Kier molecular flexibility index (Phi) is 7.04. The van der Waals surface area contributed by atoms with E-state index in [1.807, 2.05) is 18.2 Å². The van der Waals surface area contributed by atoms with E-state index >= 15 is 0 Å². The number of hydrogen-bond acceptors (Lipinski definition) is 8. The van der Waals surface area contributed by atoms with Crippen LogP contribution in [0.25, 0.3) is 11.1 Å². The molecule has 0 fully saturated rings. The van der Waals surface area contributed by atoms with Crippen molar-refractivity contribution < 1.29 is 14.3 Å². The molecule has 0 spiro atoms. The number of carbonyl (C=O) groups excluding carboxylic acids is 1. The molecular weight excluding hydrogens is 450 g/mol. The predicted molar refractivity (Wildman–Crippen MR) is 136 cm³/mol. The number of nitrogens with one attached hydrogen (secondary N) is 2. The van der Waals surface area contributed by atoms with Gasteiger partial charge in [-0.05, 0) is 44.5 Å². The lowest BCUT2D eigenvalue weighted by molar-refractivity contribution is -0.113. The van der Waals surface area contributed by atoms with Gasteiger partial charge < -0.3 is 25.9 Å². The number of aliphatic hydroxyl groups is 1. The number of amides is 1. The summed E-state index contributed by atoms with van der Waals surface area (Å²) in [5.74, 6) is -0.265. The number of hydrogen-bond donors (Lipinski definition) is 4. The minimum atomic E-state index is -0.791. The summed E-state index contributed by atoms with van der Waals surface area (Å²) in [7, 11) is 0. The molecular formula is C25H27N5O3S. The van der Waals surface area contributed by atoms with Crippen molar-refractivity contribution in [2.45, 2.75) is 31.2 Å². The average molecular weight is 478 g/mol. The number of anilines is 2. The number of aromatic nitrogens is 1. The van der Waals surface area contributed by atoms with Gasteiger partial charge in [0.15, 0.2) is 0 Å². The minimum Gasteiger partial charge on any atom is -0.472 e. The Bertz CT molecular complexity index is 1200. The van der Waals surface area contributed by atoms with Crippen LogP contribution in [0.2, 0.25) is 0 Å². The van der Waals surface area contributed by atoms with Crippen LogP contribution in [0.4, 0.5) is 11.4 Å². The quantitative estimate of drug-likeness (QED) is 0.281. The third-order valence-corrected chi connectivity index (χ3v) is 6.26. The number of carbonyl (C=O) groups is 1. The van der Waals surface area contributed by atoms with E-state index in [2.05, 4.69) is 20.6 Å². The second-order valence-electron chi connectivity index (χ2n) is 8.57. The number of benzene rings is 1. The molecule has 3 heterocycles. The lowest BCUT2D eigenvalue weighted by Gasteiger charge is -2.16. The first-order valence-corrected chi connectivity index (χ1v) is 11.8. The van der Waals surface area contributed by atoms with Crippen LogP contribution in [0.3, 0.4) is 0 Å². The number of furan rings is 1. The molecule has 2 aromatic heterocycles. The molecule has 5 N–H and O–H groups in total. The first-order chi connectivity index (χ1) is 16.3. The summed E-state index contributed by atoms with van der Waals surface area (Å²) in [5.41, 5.74) is 10.3. The monoisotopic (exact) mass is 477 g/mol. The first kappa shape index (κ1) is 23.6. The Morgan fingerprint density at radius 2 is 2.26 bits per heavy atom. The van der Waals surface area contributed by atoms with Crippen LogP contribution in [0.5, 0.6) is 0 Å². The summed E-state index contributed by atoms with van der Waals surface area (Å²) in [6, 6.07) is 9.23. The van der Waals surface area contributed by atoms with Crippen LogP contribution in [0.1, 0.15) is 36.8 Å². The number of aliphatic imine (C=N–C) groups is 1. The highest BCUT2D eigenvalue weighted by Gasteiger charge is 2.24. The van der Waals surface area contributed by atoms with Gasteiger partial charge in [-0.2, -0.15) is 0 Å². The number of nitrogens with zero attached hydrogens (tertiary/aromatic N) is 2. The molecule has 9 heteroatoms. The third kappa shape index (κ3) is 5.86. The van der Waals surface area contributed by atoms with Crippen LogP contribution in [-0.2, 0) is 4.79 Å². The molecule has 1 atom stereocenters. The fraction of sp³-hybridized carbons (Fsp3) is 0.240. The molecule has 8 nitrogen and oxygen atoms in total. The van der Waals surface area contributed by atoms with Crippen molar-refractivity contribution in [3.63, 3.8) is 0 Å². The van der Waals surface area contributed by atoms with Gasteiger partial charge in [0.2, 0.25) is 0 Å². The van der Waals surface area contributed by atoms with Gasteiger partial charge in [-0.25, -0.2) is 0 Å². The molecule has 1 aliphatic rings. The zero-order valence-electron chi connectivity index (χ0n) is 19.0. The second kappa shape index (κ2) is 10.1. The van der Waals surface area contributed by atoms with Gasteiger partial charge in [0.25, 0.3) is 5.91 Å². The SMILES string of the molecule is CC(C)(O)CCN=Cc1cc(NC(=O)C2=CSC(c3cccnc3)N2)c(-c2ccoc2)cc1N. The number of nitrogen functional groups attached to an aromatic ring is 1. The van der Waals surface area contributed by atoms with Gasteiger partial charge >= 0.3 is 0 Å². The van der Waals surface area contributed by atoms with E-state index in [0.29, 0.717) is 35.6 Å². The molecule has 1 amide bonds. The van der Waals surface area contributed by atoms with Gasteiger partial charge in [-0.1, -0.05) is 6.07 Å². The topological polar surface area (TPSA) is 126 Å². The summed E-state index contributed by atoms with van der Waals surface area (Å²) in [6.07, 6.45) is 8.85. The summed E-state index contributed by atoms with van der Waals surface area (Å²) in [6.45, 7) is 3.94. The lowest BCUT2D eigenvalue weighted by atomic mass is 10.0. The van der Waals surface area contributed by atoms with Crippen molar-refractivity contribution in [1.82, 2.24) is 10.3 Å². The molecule has 0 saturated heterocycles. The minimum absolute atomic E-state index is 0.0762.